The van der Waals surface area contributed by atoms with Crippen molar-refractivity contribution in [1.29, 1.82) is 0 Å². The number of imidazole rings is 1. The van der Waals surface area contributed by atoms with Gasteiger partial charge in [0.25, 0.3) is 5.91 Å². The molecule has 8 heteroatoms. The number of carbonyl (C=O) groups is 2. The number of hydrogen-bond donors (Lipinski definition) is 2. The number of rotatable bonds is 6. The Hall–Kier alpha value is -1.80. The topological polar surface area (TPSA) is 90.0 Å². The van der Waals surface area contributed by atoms with E-state index in [2.05, 4.69) is 16.8 Å². The molecule has 3 N–H and O–H groups in total. The molecule has 0 unspecified atom stereocenters. The minimum atomic E-state index is -0.456. The van der Waals surface area contributed by atoms with Crippen LogP contribution >= 0.6 is 23.1 Å². The molecule has 2 aromatic heterocycles. The lowest BCUT2D eigenvalue weighted by atomic mass is 10.1. The zero-order chi connectivity index (χ0) is 20.7. The first kappa shape index (κ1) is 20.5. The zero-order valence-electron chi connectivity index (χ0n) is 17.2. The van der Waals surface area contributed by atoms with Crippen molar-refractivity contribution in [3.05, 3.63) is 27.4 Å². The summed E-state index contributed by atoms with van der Waals surface area (Å²) in [6.45, 7) is 6.03. The number of aryl methyl sites for hydroxylation is 2. The van der Waals surface area contributed by atoms with Gasteiger partial charge < -0.3 is 15.6 Å². The van der Waals surface area contributed by atoms with Crippen molar-refractivity contribution in [3.63, 3.8) is 0 Å². The van der Waals surface area contributed by atoms with Gasteiger partial charge in [0, 0.05) is 16.6 Å². The van der Waals surface area contributed by atoms with Gasteiger partial charge in [0.1, 0.15) is 5.00 Å². The maximum absolute atomic E-state index is 12.9. The molecule has 0 spiro atoms. The summed E-state index contributed by atoms with van der Waals surface area (Å²) in [5.74, 6) is -0.572. The third-order valence-electron chi connectivity index (χ3n) is 6.10. The number of fused-ring (bicyclic) bond motifs is 1. The number of anilines is 1. The smallest absolute Gasteiger partial charge is 0.251 e. The third-order valence-corrected chi connectivity index (χ3v) is 8.37. The second kappa shape index (κ2) is 8.14. The fourth-order valence-corrected chi connectivity index (χ4v) is 6.82. The highest BCUT2D eigenvalue weighted by Crippen LogP contribution is 2.40. The molecule has 29 heavy (non-hydrogen) atoms. The molecular formula is C21H28N4O2S2. The molecule has 1 fully saturated rings. The molecule has 2 aliphatic carbocycles. The molecule has 2 heterocycles. The number of primary amides is 1. The Balaban J connectivity index is 1.52. The Morgan fingerprint density at radius 2 is 1.97 bits per heavy atom. The van der Waals surface area contributed by atoms with E-state index in [9.17, 15) is 9.59 Å². The van der Waals surface area contributed by atoms with E-state index in [1.807, 2.05) is 13.8 Å². The Bertz CT molecular complexity index is 957. The van der Waals surface area contributed by atoms with Crippen molar-refractivity contribution in [2.45, 2.75) is 82.2 Å². The lowest BCUT2D eigenvalue weighted by Crippen LogP contribution is -2.24. The molecule has 156 valence electrons. The SMILES string of the molecule is Cc1nc(S[C@@H](C)C(=O)Nc2sc3c(c2C(N)=O)CCC3)n(C2CCCC2)c1C. The van der Waals surface area contributed by atoms with Gasteiger partial charge in [0.2, 0.25) is 5.91 Å². The first-order chi connectivity index (χ1) is 13.9. The van der Waals surface area contributed by atoms with Crippen molar-refractivity contribution < 1.29 is 9.59 Å². The van der Waals surface area contributed by atoms with E-state index in [1.54, 1.807) is 0 Å². The molecule has 1 saturated carbocycles. The minimum absolute atomic E-state index is 0.117. The summed E-state index contributed by atoms with van der Waals surface area (Å²) in [4.78, 5) is 30.8. The van der Waals surface area contributed by atoms with Gasteiger partial charge in [0.15, 0.2) is 5.16 Å². The van der Waals surface area contributed by atoms with Crippen LogP contribution in [0.25, 0.3) is 0 Å². The monoisotopic (exact) mass is 432 g/mol. The minimum Gasteiger partial charge on any atom is -0.365 e. The molecule has 2 aromatic rings. The third kappa shape index (κ3) is 3.84. The lowest BCUT2D eigenvalue weighted by Gasteiger charge is -2.18. The van der Waals surface area contributed by atoms with Gasteiger partial charge >= 0.3 is 0 Å². The van der Waals surface area contributed by atoms with Gasteiger partial charge in [0.05, 0.1) is 16.5 Å². The Labute approximate surface area is 179 Å². The van der Waals surface area contributed by atoms with Gasteiger partial charge in [-0.3, -0.25) is 9.59 Å². The summed E-state index contributed by atoms with van der Waals surface area (Å²) in [5.41, 5.74) is 9.37. The number of thiophene rings is 1. The summed E-state index contributed by atoms with van der Waals surface area (Å²) >= 11 is 2.99. The van der Waals surface area contributed by atoms with Crippen molar-refractivity contribution in [2.24, 2.45) is 5.73 Å². The number of aromatic nitrogens is 2. The van der Waals surface area contributed by atoms with E-state index in [-0.39, 0.29) is 11.2 Å². The molecule has 2 aliphatic rings. The highest BCUT2D eigenvalue weighted by molar-refractivity contribution is 8.00. The predicted molar refractivity (Wildman–Crippen MR) is 118 cm³/mol. The number of thioether (sulfide) groups is 1. The van der Waals surface area contributed by atoms with Crippen molar-refractivity contribution >= 4 is 39.9 Å². The van der Waals surface area contributed by atoms with Crippen LogP contribution in [-0.2, 0) is 17.6 Å². The number of amides is 2. The molecule has 6 nitrogen and oxygen atoms in total. The first-order valence-electron chi connectivity index (χ1n) is 10.3. The molecule has 0 aliphatic heterocycles. The van der Waals surface area contributed by atoms with Crippen LogP contribution in [0, 0.1) is 13.8 Å². The van der Waals surface area contributed by atoms with Crippen LogP contribution in [0.3, 0.4) is 0 Å². The summed E-state index contributed by atoms with van der Waals surface area (Å²) in [6.07, 6.45) is 7.71. The van der Waals surface area contributed by atoms with Crippen LogP contribution in [-0.4, -0.2) is 26.6 Å². The summed E-state index contributed by atoms with van der Waals surface area (Å²) in [6, 6.07) is 0.482. The van der Waals surface area contributed by atoms with Crippen molar-refractivity contribution in [2.75, 3.05) is 5.32 Å². The molecule has 0 aromatic carbocycles. The molecule has 0 saturated heterocycles. The second-order valence-electron chi connectivity index (χ2n) is 8.05. The van der Waals surface area contributed by atoms with Gasteiger partial charge in [-0.05, 0) is 58.4 Å². The molecule has 0 bridgehead atoms. The van der Waals surface area contributed by atoms with Crippen LogP contribution in [0.5, 0.6) is 0 Å². The maximum atomic E-state index is 12.9. The Morgan fingerprint density at radius 3 is 2.66 bits per heavy atom. The number of nitrogens with zero attached hydrogens (tertiary/aromatic N) is 2. The van der Waals surface area contributed by atoms with Gasteiger partial charge in [-0.15, -0.1) is 11.3 Å². The zero-order valence-corrected chi connectivity index (χ0v) is 18.8. The molecule has 0 radical (unpaired) electrons. The van der Waals surface area contributed by atoms with Gasteiger partial charge in [-0.25, -0.2) is 4.98 Å². The van der Waals surface area contributed by atoms with E-state index in [0.717, 1.165) is 35.7 Å². The number of nitrogens with two attached hydrogens (primary N) is 1. The highest BCUT2D eigenvalue weighted by atomic mass is 32.2. The Kier molecular flexibility index (Phi) is 5.75. The van der Waals surface area contributed by atoms with Crippen LogP contribution < -0.4 is 11.1 Å². The molecule has 4 rings (SSSR count). The fraction of sp³-hybridized carbons (Fsp3) is 0.571. The average Bonchev–Trinajstić information content (AvgIpc) is 3.41. The van der Waals surface area contributed by atoms with Crippen molar-refractivity contribution in [1.82, 2.24) is 9.55 Å². The normalized spacial score (nSPS) is 17.5. The van der Waals surface area contributed by atoms with Crippen LogP contribution in [0.1, 0.15) is 77.3 Å². The van der Waals surface area contributed by atoms with E-state index >= 15 is 0 Å². The number of hydrogen-bond acceptors (Lipinski definition) is 5. The second-order valence-corrected chi connectivity index (χ2v) is 10.5. The van der Waals surface area contributed by atoms with Crippen molar-refractivity contribution in [3.8, 4) is 0 Å². The molecular weight excluding hydrogens is 404 g/mol. The Morgan fingerprint density at radius 1 is 1.24 bits per heavy atom. The summed E-state index contributed by atoms with van der Waals surface area (Å²) in [7, 11) is 0. The van der Waals surface area contributed by atoms with E-state index < -0.39 is 5.91 Å². The predicted octanol–water partition coefficient (Wildman–Crippen LogP) is 4.38. The van der Waals surface area contributed by atoms with Crippen LogP contribution in [0.4, 0.5) is 5.00 Å². The standard InChI is InChI=1S/C21H28N4O2S2/c1-11-12(2)25(14-7-4-5-8-14)21(23-11)28-13(3)19(27)24-20-17(18(22)26)15-9-6-10-16(15)29-20/h13-14H,4-10H2,1-3H3,(H2,22,26)(H,24,27)/t13-/m0/s1. The maximum Gasteiger partial charge on any atom is 0.251 e. The first-order valence-corrected chi connectivity index (χ1v) is 12.0. The van der Waals surface area contributed by atoms with E-state index in [0.29, 0.717) is 16.6 Å². The highest BCUT2D eigenvalue weighted by Gasteiger charge is 2.29. The van der Waals surface area contributed by atoms with E-state index in [1.165, 1.54) is 59.4 Å². The summed E-state index contributed by atoms with van der Waals surface area (Å²) < 4.78 is 2.32. The number of nitrogens with one attached hydrogen (secondary N) is 1. The molecule has 2 amide bonds. The molecule has 1 atom stereocenters. The number of carbonyl (C=O) groups excluding carboxylic acids is 2. The average molecular weight is 433 g/mol. The van der Waals surface area contributed by atoms with E-state index in [4.69, 9.17) is 10.7 Å². The van der Waals surface area contributed by atoms with Gasteiger partial charge in [-0.1, -0.05) is 24.6 Å². The fourth-order valence-electron chi connectivity index (χ4n) is 4.45. The lowest BCUT2D eigenvalue weighted by molar-refractivity contribution is -0.115. The van der Waals surface area contributed by atoms with Crippen LogP contribution in [0.2, 0.25) is 0 Å². The summed E-state index contributed by atoms with van der Waals surface area (Å²) in [5, 5.41) is 4.17. The van der Waals surface area contributed by atoms with Gasteiger partial charge in [-0.2, -0.15) is 0 Å². The largest absolute Gasteiger partial charge is 0.365 e. The van der Waals surface area contributed by atoms with Crippen LogP contribution in [0.15, 0.2) is 5.16 Å². The quantitative estimate of drug-likeness (QED) is 0.663.